The summed E-state index contributed by atoms with van der Waals surface area (Å²) < 4.78 is 4.92. The molecule has 0 radical (unpaired) electrons. The second kappa shape index (κ2) is 6.31. The maximum atomic E-state index is 4.92. The zero-order valence-corrected chi connectivity index (χ0v) is 7.24. The van der Waals surface area contributed by atoms with Crippen molar-refractivity contribution in [3.63, 3.8) is 0 Å². The van der Waals surface area contributed by atoms with Crippen LogP contribution in [0.5, 0.6) is 0 Å². The monoisotopic (exact) mass is 215 g/mol. The fourth-order valence-corrected chi connectivity index (χ4v) is 0.680. The standard InChI is InChI=1S/C4H9O.Nd/c1-2-3-4-5;/h2-4H2,1H3;/q-1;+1. The van der Waals surface area contributed by atoms with Gasteiger partial charge in [-0.15, -0.1) is 0 Å². The predicted molar refractivity (Wildman–Crippen MR) is 20.9 cm³/mol. The molecule has 0 aliphatic heterocycles. The molecule has 2 heteroatoms. The average molecular weight is 217 g/mol. The van der Waals surface area contributed by atoms with Crippen LogP contribution in [0.3, 0.4) is 0 Å². The van der Waals surface area contributed by atoms with Gasteiger partial charge in [0.15, 0.2) is 0 Å². The summed E-state index contributed by atoms with van der Waals surface area (Å²) in [6.07, 6.45) is 2.48. The molecule has 0 rings (SSSR count). The van der Waals surface area contributed by atoms with Crippen LogP contribution in [-0.2, 0) is 1.06 Å². The van der Waals surface area contributed by atoms with Crippen molar-refractivity contribution < 1.29 is 40.4 Å². The molecule has 0 aromatic heterocycles. The molecule has 6 heavy (non-hydrogen) atoms. The van der Waals surface area contributed by atoms with Crippen LogP contribution in [-0.4, -0.2) is 6.61 Å². The Morgan fingerprint density at radius 2 is 2.33 bits per heavy atom. The molecule has 1 nitrogen and oxygen atoms in total. The zero-order valence-electron chi connectivity index (χ0n) is 4.03. The Bertz CT molecular complexity index is 19.5. The predicted octanol–water partition coefficient (Wildman–Crippen LogP) is 1.27. The Morgan fingerprint density at radius 3 is 2.50 bits per heavy atom. The van der Waals surface area contributed by atoms with Gasteiger partial charge in [0.25, 0.3) is 0 Å². The van der Waals surface area contributed by atoms with Crippen molar-refractivity contribution in [3.05, 3.63) is 0 Å². The summed E-state index contributed by atoms with van der Waals surface area (Å²) in [6.45, 7) is 3.14. The van der Waals surface area contributed by atoms with Gasteiger partial charge in [-0.1, -0.05) is 0 Å². The second-order valence-corrected chi connectivity index (χ2v) is 2.13. The Balaban J connectivity index is 2.34. The van der Waals surface area contributed by atoms with E-state index in [4.69, 9.17) is 1.06 Å². The molecule has 0 amide bonds. The molecule has 0 N–H and O–H groups in total. The van der Waals surface area contributed by atoms with Gasteiger partial charge in [-0.3, -0.25) is 0 Å². The minimum atomic E-state index is 0.903. The summed E-state index contributed by atoms with van der Waals surface area (Å²) in [5.41, 5.74) is 0. The summed E-state index contributed by atoms with van der Waals surface area (Å²) >= 11 is 0.903. The first-order valence-corrected chi connectivity index (χ1v) is 3.51. The topological polar surface area (TPSA) is 9.23 Å². The minimum absolute atomic E-state index is 0.903. The first-order valence-electron chi connectivity index (χ1n) is 2.20. The van der Waals surface area contributed by atoms with Crippen molar-refractivity contribution in [1.29, 1.82) is 0 Å². The Kier molecular flexibility index (Phi) is 7.69. The van der Waals surface area contributed by atoms with Crippen LogP contribution in [0.15, 0.2) is 0 Å². The Hall–Kier alpha value is 1.31. The molecule has 0 aromatic carbocycles. The van der Waals surface area contributed by atoms with E-state index in [1.54, 1.807) is 0 Å². The summed E-state index contributed by atoms with van der Waals surface area (Å²) in [6, 6.07) is 0. The molecular formula is C4H9NdO. The van der Waals surface area contributed by atoms with Crippen molar-refractivity contribution in [2.24, 2.45) is 0 Å². The van der Waals surface area contributed by atoms with E-state index < -0.39 is 0 Å². The van der Waals surface area contributed by atoms with Crippen molar-refractivity contribution in [2.45, 2.75) is 19.8 Å². The number of unbranched alkanes of at least 4 members (excludes halogenated alkanes) is 1. The fourth-order valence-electron chi connectivity index (χ4n) is 0.217. The number of hydrogen-bond donors (Lipinski definition) is 0. The quantitative estimate of drug-likeness (QED) is 0.647. The number of hydrogen-bond acceptors (Lipinski definition) is 1. The third kappa shape index (κ3) is 5.31. The van der Waals surface area contributed by atoms with Gasteiger partial charge in [0.2, 0.25) is 0 Å². The van der Waals surface area contributed by atoms with Gasteiger partial charge in [-0.05, 0) is 0 Å². The molecule has 0 aromatic rings. The Labute approximate surface area is 66.1 Å². The fraction of sp³-hybridized carbons (Fsp3) is 1.00. The molecule has 0 heterocycles. The molecule has 0 saturated heterocycles. The molecule has 35 valence electrons. The van der Waals surface area contributed by atoms with E-state index in [0.29, 0.717) is 0 Å². The zero-order chi connectivity index (χ0) is 4.83. The average Bonchev–Trinajstić information content (AvgIpc) is 1.61. The van der Waals surface area contributed by atoms with Crippen LogP contribution in [0.4, 0.5) is 0 Å². The first-order chi connectivity index (χ1) is 2.91. The molecule has 0 aliphatic carbocycles. The molecule has 0 atom stereocenters. The van der Waals surface area contributed by atoms with E-state index in [9.17, 15) is 0 Å². The number of rotatable bonds is 3. The van der Waals surface area contributed by atoms with E-state index in [1.807, 2.05) is 0 Å². The van der Waals surface area contributed by atoms with Gasteiger partial charge in [-0.2, -0.15) is 0 Å². The van der Waals surface area contributed by atoms with E-state index >= 15 is 0 Å². The van der Waals surface area contributed by atoms with Crippen molar-refractivity contribution in [2.75, 3.05) is 6.61 Å². The summed E-state index contributed by atoms with van der Waals surface area (Å²) in [5.74, 6) is 0. The molecular weight excluding hydrogens is 208 g/mol. The molecule has 0 bridgehead atoms. The van der Waals surface area contributed by atoms with Gasteiger partial charge < -0.3 is 0 Å². The van der Waals surface area contributed by atoms with Crippen LogP contribution in [0, 0.1) is 39.4 Å². The molecule has 0 aliphatic rings. The van der Waals surface area contributed by atoms with E-state index in [2.05, 4.69) is 6.92 Å². The second-order valence-electron chi connectivity index (χ2n) is 1.20. The van der Waals surface area contributed by atoms with Crippen molar-refractivity contribution in [1.82, 2.24) is 0 Å². The van der Waals surface area contributed by atoms with Crippen LogP contribution < -0.4 is 0 Å². The molecule has 0 fully saturated rings. The van der Waals surface area contributed by atoms with Gasteiger partial charge in [-0.25, -0.2) is 0 Å². The van der Waals surface area contributed by atoms with Gasteiger partial charge in [0.1, 0.15) is 0 Å². The van der Waals surface area contributed by atoms with Crippen molar-refractivity contribution >= 4 is 0 Å². The third-order valence-electron chi connectivity index (χ3n) is 0.600. The third-order valence-corrected chi connectivity index (χ3v) is 1.25. The summed E-state index contributed by atoms with van der Waals surface area (Å²) in [5, 5.41) is 0. The maximum absolute atomic E-state index is 4.92. The van der Waals surface area contributed by atoms with Crippen LogP contribution in [0.2, 0.25) is 0 Å². The normalized spacial score (nSPS) is 8.67. The van der Waals surface area contributed by atoms with Crippen LogP contribution in [0.1, 0.15) is 19.8 Å². The first kappa shape index (κ1) is 7.31. The molecule has 0 spiro atoms. The van der Waals surface area contributed by atoms with Gasteiger partial charge in [0.05, 0.1) is 0 Å². The van der Waals surface area contributed by atoms with E-state index in [-0.39, 0.29) is 0 Å². The van der Waals surface area contributed by atoms with E-state index in [0.717, 1.165) is 46.0 Å². The van der Waals surface area contributed by atoms with Crippen molar-refractivity contribution in [3.8, 4) is 0 Å². The van der Waals surface area contributed by atoms with Gasteiger partial charge in [0, 0.05) is 0 Å². The van der Waals surface area contributed by atoms with Gasteiger partial charge >= 0.3 is 66.8 Å². The van der Waals surface area contributed by atoms with E-state index in [1.165, 1.54) is 12.8 Å². The summed E-state index contributed by atoms with van der Waals surface area (Å²) in [4.78, 5) is 0. The SMILES string of the molecule is CCCC[O][Nd]. The summed E-state index contributed by atoms with van der Waals surface area (Å²) in [7, 11) is 0. The molecule has 0 unspecified atom stereocenters. The van der Waals surface area contributed by atoms with Crippen LogP contribution >= 0.6 is 0 Å². The van der Waals surface area contributed by atoms with Crippen LogP contribution in [0.25, 0.3) is 0 Å². The molecule has 0 saturated carbocycles. The Morgan fingerprint density at radius 1 is 1.67 bits per heavy atom.